The van der Waals surface area contributed by atoms with E-state index in [4.69, 9.17) is 4.74 Å². The first-order valence-corrected chi connectivity index (χ1v) is 15.6. The summed E-state index contributed by atoms with van der Waals surface area (Å²) in [5.74, 6) is -0.381. The number of methoxy groups -OCH3 is 1. The number of carbonyl (C=O) groups excluding carboxylic acids is 1. The Labute approximate surface area is 256 Å². The number of quaternary nitrogens is 1. The highest BCUT2D eigenvalue weighted by Crippen LogP contribution is 2.26. The van der Waals surface area contributed by atoms with Gasteiger partial charge in [0.25, 0.3) is 5.91 Å². The van der Waals surface area contributed by atoms with Gasteiger partial charge in [-0.25, -0.2) is 4.39 Å². The standard InChI is InChI=1S/C35H46FN5O2/c1-27-24-40(13-12-37-27)26-29-6-4-8-31(20-29)33-22-28(10-11-34(33)36)23-38-35(42)32-9-5-7-30(21-32)25-39-14-16-41(2,17-15-39)18-19-43-3/h4-11,20-22,27,37H,12-19,23-26H2,1-3H3/p+1/t27-/m0/s1. The molecule has 2 aliphatic heterocycles. The smallest absolute Gasteiger partial charge is 0.251 e. The second kappa shape index (κ2) is 14.6. The summed E-state index contributed by atoms with van der Waals surface area (Å²) >= 11 is 0. The fraction of sp³-hybridized carbons (Fsp3) is 0.457. The van der Waals surface area contributed by atoms with Crippen LogP contribution in [0.2, 0.25) is 0 Å². The maximum atomic E-state index is 15.0. The van der Waals surface area contributed by atoms with Crippen molar-refractivity contribution in [2.75, 3.05) is 73.1 Å². The van der Waals surface area contributed by atoms with Gasteiger partial charge < -0.3 is 19.9 Å². The SMILES string of the molecule is COCC[N+]1(C)CCN(Cc2cccc(C(=O)NCc3ccc(F)c(-c4cccc(CN5CCN[C@@H](C)C5)c4)c3)c2)CC1. The molecule has 3 aromatic carbocycles. The number of hydrogen-bond acceptors (Lipinski definition) is 5. The van der Waals surface area contributed by atoms with Crippen molar-refractivity contribution in [3.8, 4) is 11.1 Å². The monoisotopic (exact) mass is 588 g/mol. The van der Waals surface area contributed by atoms with Gasteiger partial charge in [-0.15, -0.1) is 0 Å². The summed E-state index contributed by atoms with van der Waals surface area (Å²) in [5, 5.41) is 6.52. The number of amides is 1. The zero-order chi connectivity index (χ0) is 30.2. The van der Waals surface area contributed by atoms with Crippen LogP contribution < -0.4 is 10.6 Å². The molecule has 2 aliphatic rings. The van der Waals surface area contributed by atoms with Crippen LogP contribution in [0.15, 0.2) is 66.7 Å². The Kier molecular flexibility index (Phi) is 10.6. The maximum absolute atomic E-state index is 15.0. The Balaban J connectivity index is 1.17. The molecule has 7 nitrogen and oxygen atoms in total. The minimum absolute atomic E-state index is 0.123. The van der Waals surface area contributed by atoms with Crippen molar-refractivity contribution in [3.63, 3.8) is 0 Å². The number of benzene rings is 3. The highest BCUT2D eigenvalue weighted by molar-refractivity contribution is 5.94. The number of likely N-dealkylation sites (N-methyl/N-ethyl adjacent to an activating group) is 1. The zero-order valence-corrected chi connectivity index (χ0v) is 25.9. The summed E-state index contributed by atoms with van der Waals surface area (Å²) < 4.78 is 21.3. The number of ether oxygens (including phenoxy) is 1. The first-order valence-electron chi connectivity index (χ1n) is 15.6. The number of hydrogen-bond donors (Lipinski definition) is 2. The van der Waals surface area contributed by atoms with E-state index in [0.717, 1.165) is 93.2 Å². The zero-order valence-electron chi connectivity index (χ0n) is 25.9. The molecule has 2 heterocycles. The van der Waals surface area contributed by atoms with Gasteiger partial charge in [0.05, 0.1) is 26.7 Å². The van der Waals surface area contributed by atoms with Gasteiger partial charge in [-0.3, -0.25) is 14.6 Å². The number of piperazine rings is 2. The summed E-state index contributed by atoms with van der Waals surface area (Å²) in [6.07, 6.45) is 0. The number of nitrogens with one attached hydrogen (secondary N) is 2. The number of carbonyl (C=O) groups is 1. The van der Waals surface area contributed by atoms with Gasteiger partial charge >= 0.3 is 0 Å². The Morgan fingerprint density at radius 2 is 1.72 bits per heavy atom. The molecule has 0 aromatic heterocycles. The van der Waals surface area contributed by atoms with Crippen molar-refractivity contribution >= 4 is 5.91 Å². The molecule has 1 atom stereocenters. The molecule has 0 radical (unpaired) electrons. The average Bonchev–Trinajstić information content (AvgIpc) is 3.01. The summed E-state index contributed by atoms with van der Waals surface area (Å²) in [4.78, 5) is 18.0. The summed E-state index contributed by atoms with van der Waals surface area (Å²) in [5.41, 5.74) is 5.24. The van der Waals surface area contributed by atoms with E-state index in [-0.39, 0.29) is 11.7 Å². The summed E-state index contributed by atoms with van der Waals surface area (Å²) in [7, 11) is 4.06. The molecular weight excluding hydrogens is 541 g/mol. The highest BCUT2D eigenvalue weighted by Gasteiger charge is 2.28. The van der Waals surface area contributed by atoms with Gasteiger partial charge in [-0.1, -0.05) is 36.4 Å². The van der Waals surface area contributed by atoms with Crippen LogP contribution in [0.5, 0.6) is 0 Å². The van der Waals surface area contributed by atoms with Crippen LogP contribution in [-0.4, -0.2) is 99.4 Å². The molecule has 3 aromatic rings. The fourth-order valence-electron chi connectivity index (χ4n) is 6.19. The number of nitrogens with zero attached hydrogens (tertiary/aromatic N) is 3. The van der Waals surface area contributed by atoms with Gasteiger partial charge in [0, 0.05) is 76.6 Å². The molecule has 8 heteroatoms. The van der Waals surface area contributed by atoms with Crippen molar-refractivity contribution in [2.24, 2.45) is 0 Å². The van der Waals surface area contributed by atoms with Gasteiger partial charge in [0.15, 0.2) is 0 Å². The van der Waals surface area contributed by atoms with Crippen molar-refractivity contribution in [1.82, 2.24) is 20.4 Å². The van der Waals surface area contributed by atoms with Crippen LogP contribution in [0, 0.1) is 5.82 Å². The largest absolute Gasteiger partial charge is 0.379 e. The second-order valence-corrected chi connectivity index (χ2v) is 12.5. The maximum Gasteiger partial charge on any atom is 0.251 e. The van der Waals surface area contributed by atoms with E-state index in [9.17, 15) is 9.18 Å². The van der Waals surface area contributed by atoms with Gasteiger partial charge in [-0.2, -0.15) is 0 Å². The molecule has 2 fully saturated rings. The average molecular weight is 589 g/mol. The summed E-state index contributed by atoms with van der Waals surface area (Å²) in [6.45, 7) is 13.3. The minimum atomic E-state index is -0.258. The van der Waals surface area contributed by atoms with Crippen LogP contribution in [0.4, 0.5) is 4.39 Å². The van der Waals surface area contributed by atoms with Crippen LogP contribution in [0.1, 0.15) is 34.0 Å². The molecule has 230 valence electrons. The number of halogens is 1. The fourth-order valence-corrected chi connectivity index (χ4v) is 6.19. The predicted octanol–water partition coefficient (Wildman–Crippen LogP) is 4.13. The molecule has 0 spiro atoms. The topological polar surface area (TPSA) is 56.8 Å². The molecule has 1 amide bonds. The third kappa shape index (κ3) is 8.71. The molecule has 43 heavy (non-hydrogen) atoms. The molecular formula is C35H47FN5O2+. The first-order chi connectivity index (χ1) is 20.8. The van der Waals surface area contributed by atoms with Gasteiger partial charge in [0.2, 0.25) is 0 Å². The van der Waals surface area contributed by atoms with Crippen LogP contribution in [-0.2, 0) is 24.4 Å². The molecule has 0 bridgehead atoms. The molecule has 0 aliphatic carbocycles. The minimum Gasteiger partial charge on any atom is -0.379 e. The Bertz CT molecular complexity index is 1370. The normalized spacial score (nSPS) is 19.3. The molecule has 2 N–H and O–H groups in total. The van der Waals surface area contributed by atoms with E-state index >= 15 is 0 Å². The highest BCUT2D eigenvalue weighted by atomic mass is 19.1. The quantitative estimate of drug-likeness (QED) is 0.330. The van der Waals surface area contributed by atoms with E-state index in [0.29, 0.717) is 23.7 Å². The van der Waals surface area contributed by atoms with E-state index in [1.807, 2.05) is 36.4 Å². The number of rotatable bonds is 11. The van der Waals surface area contributed by atoms with Crippen LogP contribution >= 0.6 is 0 Å². The predicted molar refractivity (Wildman–Crippen MR) is 170 cm³/mol. The molecule has 2 saturated heterocycles. The first kappa shape index (κ1) is 31.3. The van der Waals surface area contributed by atoms with E-state index in [2.05, 4.69) is 52.6 Å². The van der Waals surface area contributed by atoms with Gasteiger partial charge in [0.1, 0.15) is 12.4 Å². The Morgan fingerprint density at radius 1 is 0.977 bits per heavy atom. The third-order valence-corrected chi connectivity index (χ3v) is 8.92. The molecule has 0 saturated carbocycles. The molecule has 0 unspecified atom stereocenters. The van der Waals surface area contributed by atoms with Gasteiger partial charge in [-0.05, 0) is 59.5 Å². The molecule has 5 rings (SSSR count). The van der Waals surface area contributed by atoms with Crippen molar-refractivity contribution < 1.29 is 18.4 Å². The lowest BCUT2D eigenvalue weighted by Gasteiger charge is -2.42. The van der Waals surface area contributed by atoms with Crippen molar-refractivity contribution in [3.05, 3.63) is 94.8 Å². The lowest BCUT2D eigenvalue weighted by molar-refractivity contribution is -0.914. The van der Waals surface area contributed by atoms with Crippen molar-refractivity contribution in [1.29, 1.82) is 0 Å². The van der Waals surface area contributed by atoms with E-state index < -0.39 is 0 Å². The lowest BCUT2D eigenvalue weighted by Crippen LogP contribution is -2.58. The lowest BCUT2D eigenvalue weighted by atomic mass is 10.00. The Morgan fingerprint density at radius 3 is 2.49 bits per heavy atom. The third-order valence-electron chi connectivity index (χ3n) is 8.92. The van der Waals surface area contributed by atoms with Crippen LogP contribution in [0.25, 0.3) is 11.1 Å². The van der Waals surface area contributed by atoms with Crippen molar-refractivity contribution in [2.45, 2.75) is 32.6 Å². The second-order valence-electron chi connectivity index (χ2n) is 12.5. The van der Waals surface area contributed by atoms with Crippen LogP contribution in [0.3, 0.4) is 0 Å². The Hall–Kier alpha value is -3.14. The summed E-state index contributed by atoms with van der Waals surface area (Å²) in [6, 6.07) is 21.6. The van der Waals surface area contributed by atoms with E-state index in [1.54, 1.807) is 13.2 Å². The van der Waals surface area contributed by atoms with E-state index in [1.165, 1.54) is 11.6 Å².